The summed E-state index contributed by atoms with van der Waals surface area (Å²) in [5, 5.41) is 7.56. The van der Waals surface area contributed by atoms with Crippen molar-refractivity contribution >= 4 is 15.9 Å². The molecular formula is C14H17BrFN3. The van der Waals surface area contributed by atoms with Crippen LogP contribution in [0.2, 0.25) is 0 Å². The van der Waals surface area contributed by atoms with E-state index in [1.165, 1.54) is 6.07 Å². The van der Waals surface area contributed by atoms with Crippen LogP contribution in [0.4, 0.5) is 4.39 Å². The van der Waals surface area contributed by atoms with E-state index in [4.69, 9.17) is 0 Å². The Labute approximate surface area is 121 Å². The van der Waals surface area contributed by atoms with E-state index < -0.39 is 0 Å². The molecule has 0 saturated carbocycles. The zero-order valence-corrected chi connectivity index (χ0v) is 12.8. The van der Waals surface area contributed by atoms with E-state index in [-0.39, 0.29) is 11.9 Å². The van der Waals surface area contributed by atoms with Crippen LogP contribution in [-0.4, -0.2) is 16.8 Å². The van der Waals surface area contributed by atoms with Crippen molar-refractivity contribution in [2.45, 2.75) is 19.4 Å². The Bertz CT molecular complexity index is 580. The third-order valence-corrected chi connectivity index (χ3v) is 3.71. The topological polar surface area (TPSA) is 29.9 Å². The van der Waals surface area contributed by atoms with Crippen molar-refractivity contribution in [1.82, 2.24) is 15.1 Å². The predicted octanol–water partition coefficient (Wildman–Crippen LogP) is 3.13. The summed E-state index contributed by atoms with van der Waals surface area (Å²) < 4.78 is 16.4. The van der Waals surface area contributed by atoms with Gasteiger partial charge in [-0.15, -0.1) is 0 Å². The highest BCUT2D eigenvalue weighted by atomic mass is 79.9. The number of nitrogens with one attached hydrogen (secondary N) is 1. The lowest BCUT2D eigenvalue weighted by Crippen LogP contribution is -2.19. The molecule has 1 aromatic carbocycles. The number of benzene rings is 1. The van der Waals surface area contributed by atoms with Crippen LogP contribution in [0.5, 0.6) is 0 Å². The standard InChI is InChI=1S/C14H17BrFN3/c1-9-12(8-19(3)18-9)14(17-2)6-10-4-5-11(15)7-13(10)16/h4-5,7-8,14,17H,6H2,1-3H3. The van der Waals surface area contributed by atoms with Gasteiger partial charge in [0, 0.05) is 29.3 Å². The average Bonchev–Trinajstić information content (AvgIpc) is 2.68. The van der Waals surface area contributed by atoms with E-state index in [2.05, 4.69) is 26.3 Å². The summed E-state index contributed by atoms with van der Waals surface area (Å²) >= 11 is 3.27. The molecule has 0 fully saturated rings. The number of aryl methyl sites for hydroxylation is 2. The van der Waals surface area contributed by atoms with Crippen molar-refractivity contribution < 1.29 is 4.39 Å². The van der Waals surface area contributed by atoms with Crippen LogP contribution in [0, 0.1) is 12.7 Å². The van der Waals surface area contributed by atoms with Gasteiger partial charge in [0.15, 0.2) is 0 Å². The molecule has 5 heteroatoms. The Kier molecular flexibility index (Phi) is 4.37. The molecule has 19 heavy (non-hydrogen) atoms. The second-order valence-corrected chi connectivity index (χ2v) is 5.54. The summed E-state index contributed by atoms with van der Waals surface area (Å²) in [5.41, 5.74) is 2.78. The fourth-order valence-electron chi connectivity index (χ4n) is 2.23. The maximum Gasteiger partial charge on any atom is 0.127 e. The molecule has 2 rings (SSSR count). The second-order valence-electron chi connectivity index (χ2n) is 4.62. The first-order chi connectivity index (χ1) is 9.01. The van der Waals surface area contributed by atoms with Crippen LogP contribution in [0.1, 0.15) is 22.9 Å². The van der Waals surface area contributed by atoms with Crippen molar-refractivity contribution in [1.29, 1.82) is 0 Å². The lowest BCUT2D eigenvalue weighted by Gasteiger charge is -2.16. The molecule has 0 aliphatic heterocycles. The maximum atomic E-state index is 13.9. The number of likely N-dealkylation sites (N-methyl/N-ethyl adjacent to an activating group) is 1. The minimum Gasteiger partial charge on any atom is -0.313 e. The molecule has 1 N–H and O–H groups in total. The van der Waals surface area contributed by atoms with Gasteiger partial charge >= 0.3 is 0 Å². The highest BCUT2D eigenvalue weighted by Gasteiger charge is 2.17. The van der Waals surface area contributed by atoms with Crippen molar-refractivity contribution in [2.24, 2.45) is 7.05 Å². The van der Waals surface area contributed by atoms with Crippen molar-refractivity contribution in [3.8, 4) is 0 Å². The van der Waals surface area contributed by atoms with Gasteiger partial charge in [0.2, 0.25) is 0 Å². The van der Waals surface area contributed by atoms with Gasteiger partial charge in [-0.3, -0.25) is 4.68 Å². The summed E-state index contributed by atoms with van der Waals surface area (Å²) in [6.45, 7) is 1.97. The molecule has 0 radical (unpaired) electrons. The van der Waals surface area contributed by atoms with Gasteiger partial charge in [0.25, 0.3) is 0 Å². The molecule has 0 amide bonds. The fraction of sp³-hybridized carbons (Fsp3) is 0.357. The van der Waals surface area contributed by atoms with Gasteiger partial charge in [-0.2, -0.15) is 5.10 Å². The van der Waals surface area contributed by atoms with Crippen molar-refractivity contribution in [2.75, 3.05) is 7.05 Å². The maximum absolute atomic E-state index is 13.9. The molecule has 2 aromatic rings. The number of hydrogen-bond donors (Lipinski definition) is 1. The van der Waals surface area contributed by atoms with Crippen LogP contribution in [0.25, 0.3) is 0 Å². The molecular weight excluding hydrogens is 309 g/mol. The summed E-state index contributed by atoms with van der Waals surface area (Å²) in [6.07, 6.45) is 2.58. The second kappa shape index (κ2) is 5.84. The van der Waals surface area contributed by atoms with E-state index in [1.807, 2.05) is 39.3 Å². The van der Waals surface area contributed by atoms with Crippen molar-refractivity contribution in [3.05, 3.63) is 51.5 Å². The Hall–Kier alpha value is -1.20. The van der Waals surface area contributed by atoms with Gasteiger partial charge in [-0.05, 0) is 38.1 Å². The zero-order chi connectivity index (χ0) is 14.0. The molecule has 1 unspecified atom stereocenters. The molecule has 1 heterocycles. The molecule has 0 bridgehead atoms. The van der Waals surface area contributed by atoms with Gasteiger partial charge in [-0.25, -0.2) is 4.39 Å². The third kappa shape index (κ3) is 3.22. The van der Waals surface area contributed by atoms with Crippen LogP contribution >= 0.6 is 15.9 Å². The van der Waals surface area contributed by atoms with Crippen molar-refractivity contribution in [3.63, 3.8) is 0 Å². The van der Waals surface area contributed by atoms with Gasteiger partial charge in [0.05, 0.1) is 5.69 Å². The lowest BCUT2D eigenvalue weighted by molar-refractivity contribution is 0.552. The summed E-state index contributed by atoms with van der Waals surface area (Å²) in [6, 6.07) is 5.24. The minimum absolute atomic E-state index is 0.0596. The SMILES string of the molecule is CNC(Cc1ccc(Br)cc1F)c1cn(C)nc1C. The Morgan fingerprint density at radius 3 is 2.74 bits per heavy atom. The molecule has 3 nitrogen and oxygen atoms in total. The minimum atomic E-state index is -0.184. The Morgan fingerprint density at radius 2 is 2.21 bits per heavy atom. The quantitative estimate of drug-likeness (QED) is 0.935. The molecule has 0 aliphatic carbocycles. The smallest absolute Gasteiger partial charge is 0.127 e. The summed E-state index contributed by atoms with van der Waals surface area (Å²) in [7, 11) is 3.78. The first-order valence-electron chi connectivity index (χ1n) is 6.12. The highest BCUT2D eigenvalue weighted by molar-refractivity contribution is 9.10. The normalized spacial score (nSPS) is 12.7. The summed E-state index contributed by atoms with van der Waals surface area (Å²) in [4.78, 5) is 0. The van der Waals surface area contributed by atoms with Gasteiger partial charge in [-0.1, -0.05) is 22.0 Å². The zero-order valence-electron chi connectivity index (χ0n) is 11.2. The van der Waals surface area contributed by atoms with Gasteiger partial charge in [0.1, 0.15) is 5.82 Å². The van der Waals surface area contributed by atoms with Crippen LogP contribution in [0.3, 0.4) is 0 Å². The number of halogens is 2. The molecule has 1 aromatic heterocycles. The molecule has 1 atom stereocenters. The number of rotatable bonds is 4. The van der Waals surface area contributed by atoms with E-state index in [0.29, 0.717) is 12.0 Å². The Balaban J connectivity index is 2.26. The predicted molar refractivity (Wildman–Crippen MR) is 77.5 cm³/mol. The van der Waals surface area contributed by atoms with E-state index >= 15 is 0 Å². The third-order valence-electron chi connectivity index (χ3n) is 3.21. The number of aromatic nitrogens is 2. The average molecular weight is 326 g/mol. The molecule has 102 valence electrons. The van der Waals surface area contributed by atoms with E-state index in [0.717, 1.165) is 15.7 Å². The largest absolute Gasteiger partial charge is 0.313 e. The Morgan fingerprint density at radius 1 is 1.47 bits per heavy atom. The van der Waals surface area contributed by atoms with Crippen LogP contribution < -0.4 is 5.32 Å². The molecule has 0 aliphatic rings. The van der Waals surface area contributed by atoms with Crippen LogP contribution in [-0.2, 0) is 13.5 Å². The number of hydrogen-bond acceptors (Lipinski definition) is 2. The van der Waals surface area contributed by atoms with Crippen LogP contribution in [0.15, 0.2) is 28.9 Å². The first-order valence-corrected chi connectivity index (χ1v) is 6.92. The summed E-state index contributed by atoms with van der Waals surface area (Å²) in [5.74, 6) is -0.184. The van der Waals surface area contributed by atoms with Gasteiger partial charge < -0.3 is 5.32 Å². The van der Waals surface area contributed by atoms with E-state index in [9.17, 15) is 4.39 Å². The molecule has 0 saturated heterocycles. The lowest BCUT2D eigenvalue weighted by atomic mass is 9.99. The number of nitrogens with zero attached hydrogens (tertiary/aromatic N) is 2. The fourth-order valence-corrected chi connectivity index (χ4v) is 2.57. The highest BCUT2D eigenvalue weighted by Crippen LogP contribution is 2.23. The monoisotopic (exact) mass is 325 g/mol. The first kappa shape index (κ1) is 14.2. The van der Waals surface area contributed by atoms with E-state index in [1.54, 1.807) is 4.68 Å². The molecule has 0 spiro atoms.